The number of benzene rings is 1. The fourth-order valence-electron chi connectivity index (χ4n) is 2.73. The van der Waals surface area contributed by atoms with E-state index in [1.807, 2.05) is 25.5 Å². The van der Waals surface area contributed by atoms with Crippen LogP contribution in [0.25, 0.3) is 0 Å². The van der Waals surface area contributed by atoms with Crippen LogP contribution in [0.15, 0.2) is 18.2 Å². The fraction of sp³-hybridized carbons (Fsp3) is 0.438. The SMILES string of the molecule is CCc1nn(Cc2cc(F)cc(F)c2)c(CC)c1C(C)N. The molecule has 1 unspecified atom stereocenters. The molecule has 2 rings (SSSR count). The van der Waals surface area contributed by atoms with Crippen LogP contribution in [0.5, 0.6) is 0 Å². The summed E-state index contributed by atoms with van der Waals surface area (Å²) in [5.74, 6) is -1.14. The summed E-state index contributed by atoms with van der Waals surface area (Å²) < 4.78 is 28.4. The number of halogens is 2. The van der Waals surface area contributed by atoms with Crippen LogP contribution in [0.3, 0.4) is 0 Å². The zero-order valence-electron chi connectivity index (χ0n) is 12.7. The van der Waals surface area contributed by atoms with E-state index in [9.17, 15) is 8.78 Å². The van der Waals surface area contributed by atoms with Crippen LogP contribution >= 0.6 is 0 Å². The molecule has 0 bridgehead atoms. The average molecular weight is 293 g/mol. The maximum atomic E-state index is 13.3. The number of nitrogens with two attached hydrogens (primary N) is 1. The number of aromatic nitrogens is 2. The molecule has 0 amide bonds. The maximum Gasteiger partial charge on any atom is 0.126 e. The molecule has 21 heavy (non-hydrogen) atoms. The van der Waals surface area contributed by atoms with Gasteiger partial charge in [0.2, 0.25) is 0 Å². The van der Waals surface area contributed by atoms with E-state index in [1.165, 1.54) is 12.1 Å². The van der Waals surface area contributed by atoms with Gasteiger partial charge in [-0.05, 0) is 37.5 Å². The largest absolute Gasteiger partial charge is 0.324 e. The Labute approximate surface area is 123 Å². The first-order valence-electron chi connectivity index (χ1n) is 7.25. The minimum Gasteiger partial charge on any atom is -0.324 e. The molecule has 2 N–H and O–H groups in total. The highest BCUT2D eigenvalue weighted by Gasteiger charge is 2.18. The Morgan fingerprint density at radius 3 is 2.24 bits per heavy atom. The van der Waals surface area contributed by atoms with Gasteiger partial charge in [-0.25, -0.2) is 8.78 Å². The number of aryl methyl sites for hydroxylation is 1. The molecular formula is C16H21F2N3. The summed E-state index contributed by atoms with van der Waals surface area (Å²) in [6.07, 6.45) is 1.57. The summed E-state index contributed by atoms with van der Waals surface area (Å²) in [6.45, 7) is 6.34. The van der Waals surface area contributed by atoms with Gasteiger partial charge in [-0.2, -0.15) is 5.10 Å². The second-order valence-corrected chi connectivity index (χ2v) is 5.24. The van der Waals surface area contributed by atoms with E-state index in [4.69, 9.17) is 5.73 Å². The summed E-state index contributed by atoms with van der Waals surface area (Å²) >= 11 is 0. The van der Waals surface area contributed by atoms with Gasteiger partial charge in [0.25, 0.3) is 0 Å². The van der Waals surface area contributed by atoms with Crippen LogP contribution < -0.4 is 5.73 Å². The van der Waals surface area contributed by atoms with Gasteiger partial charge in [0.15, 0.2) is 0 Å². The third kappa shape index (κ3) is 3.29. The molecule has 3 nitrogen and oxygen atoms in total. The highest BCUT2D eigenvalue weighted by atomic mass is 19.1. The summed E-state index contributed by atoms with van der Waals surface area (Å²) in [5, 5.41) is 4.57. The molecule has 0 saturated heterocycles. The molecule has 2 aromatic rings. The van der Waals surface area contributed by atoms with Gasteiger partial charge in [0, 0.05) is 23.4 Å². The van der Waals surface area contributed by atoms with Gasteiger partial charge >= 0.3 is 0 Å². The van der Waals surface area contributed by atoms with E-state index < -0.39 is 11.6 Å². The molecule has 0 spiro atoms. The number of nitrogens with zero attached hydrogens (tertiary/aromatic N) is 2. The standard InChI is InChI=1S/C16H21F2N3/c1-4-14-16(10(3)19)15(5-2)21(20-14)9-11-6-12(17)8-13(18)7-11/h6-8,10H,4-5,9,19H2,1-3H3. The maximum absolute atomic E-state index is 13.3. The van der Waals surface area contributed by atoms with Crippen LogP contribution in [-0.4, -0.2) is 9.78 Å². The number of hydrogen-bond donors (Lipinski definition) is 1. The fourth-order valence-corrected chi connectivity index (χ4v) is 2.73. The summed E-state index contributed by atoms with van der Waals surface area (Å²) in [6, 6.07) is 3.44. The van der Waals surface area contributed by atoms with Crippen LogP contribution in [-0.2, 0) is 19.4 Å². The smallest absolute Gasteiger partial charge is 0.126 e. The van der Waals surface area contributed by atoms with E-state index in [0.717, 1.165) is 35.9 Å². The minimum atomic E-state index is -0.571. The third-order valence-electron chi connectivity index (χ3n) is 3.55. The van der Waals surface area contributed by atoms with Gasteiger partial charge in [-0.3, -0.25) is 4.68 Å². The Morgan fingerprint density at radius 2 is 1.76 bits per heavy atom. The molecule has 0 aliphatic heterocycles. The molecule has 114 valence electrons. The first-order valence-corrected chi connectivity index (χ1v) is 7.25. The molecule has 0 aliphatic rings. The van der Waals surface area contributed by atoms with Crippen molar-refractivity contribution in [1.82, 2.24) is 9.78 Å². The van der Waals surface area contributed by atoms with E-state index in [0.29, 0.717) is 12.1 Å². The van der Waals surface area contributed by atoms with Crippen molar-refractivity contribution in [2.75, 3.05) is 0 Å². The average Bonchev–Trinajstić information content (AvgIpc) is 2.75. The third-order valence-corrected chi connectivity index (χ3v) is 3.55. The Bertz CT molecular complexity index is 612. The summed E-state index contributed by atoms with van der Waals surface area (Å²) in [4.78, 5) is 0. The van der Waals surface area contributed by atoms with E-state index in [1.54, 1.807) is 0 Å². The lowest BCUT2D eigenvalue weighted by Gasteiger charge is -2.10. The first kappa shape index (κ1) is 15.6. The van der Waals surface area contributed by atoms with Crippen molar-refractivity contribution in [3.8, 4) is 0 Å². The van der Waals surface area contributed by atoms with Crippen molar-refractivity contribution >= 4 is 0 Å². The van der Waals surface area contributed by atoms with Gasteiger partial charge in [-0.1, -0.05) is 13.8 Å². The van der Waals surface area contributed by atoms with Crippen molar-refractivity contribution < 1.29 is 8.78 Å². The van der Waals surface area contributed by atoms with Crippen LogP contribution in [0.1, 0.15) is 49.3 Å². The molecule has 1 heterocycles. The Hall–Kier alpha value is -1.75. The van der Waals surface area contributed by atoms with E-state index in [-0.39, 0.29) is 6.04 Å². The molecule has 0 fully saturated rings. The second kappa shape index (κ2) is 6.35. The molecule has 1 atom stereocenters. The Morgan fingerprint density at radius 1 is 1.14 bits per heavy atom. The molecule has 0 saturated carbocycles. The topological polar surface area (TPSA) is 43.8 Å². The van der Waals surface area contributed by atoms with Crippen molar-refractivity contribution in [3.05, 3.63) is 52.3 Å². The predicted molar refractivity (Wildman–Crippen MR) is 79.0 cm³/mol. The monoisotopic (exact) mass is 293 g/mol. The van der Waals surface area contributed by atoms with Crippen LogP contribution in [0.2, 0.25) is 0 Å². The second-order valence-electron chi connectivity index (χ2n) is 5.24. The molecule has 1 aromatic heterocycles. The van der Waals surface area contributed by atoms with Gasteiger partial charge in [-0.15, -0.1) is 0 Å². The minimum absolute atomic E-state index is 0.104. The Kier molecular flexibility index (Phi) is 4.73. The molecule has 0 aliphatic carbocycles. The zero-order valence-corrected chi connectivity index (χ0v) is 12.7. The van der Waals surface area contributed by atoms with Crippen molar-refractivity contribution in [3.63, 3.8) is 0 Å². The van der Waals surface area contributed by atoms with Gasteiger partial charge in [0.1, 0.15) is 11.6 Å². The molecular weight excluding hydrogens is 272 g/mol. The normalized spacial score (nSPS) is 12.7. The Balaban J connectivity index is 2.44. The summed E-state index contributed by atoms with van der Waals surface area (Å²) in [7, 11) is 0. The first-order chi connectivity index (χ1) is 9.96. The quantitative estimate of drug-likeness (QED) is 0.918. The molecule has 1 aromatic carbocycles. The van der Waals surface area contributed by atoms with Crippen molar-refractivity contribution in [1.29, 1.82) is 0 Å². The van der Waals surface area contributed by atoms with Gasteiger partial charge < -0.3 is 5.73 Å². The highest BCUT2D eigenvalue weighted by molar-refractivity contribution is 5.30. The van der Waals surface area contributed by atoms with Crippen LogP contribution in [0.4, 0.5) is 8.78 Å². The van der Waals surface area contributed by atoms with Gasteiger partial charge in [0.05, 0.1) is 12.2 Å². The van der Waals surface area contributed by atoms with E-state index >= 15 is 0 Å². The number of rotatable bonds is 5. The molecule has 5 heteroatoms. The van der Waals surface area contributed by atoms with Crippen LogP contribution in [0, 0.1) is 11.6 Å². The lowest BCUT2D eigenvalue weighted by atomic mass is 10.0. The predicted octanol–water partition coefficient (Wildman–Crippen LogP) is 3.35. The molecule has 0 radical (unpaired) electrons. The lowest BCUT2D eigenvalue weighted by Crippen LogP contribution is -2.11. The zero-order chi connectivity index (χ0) is 15.6. The summed E-state index contributed by atoms with van der Waals surface area (Å²) in [5.41, 5.74) is 9.65. The van der Waals surface area contributed by atoms with Crippen molar-refractivity contribution in [2.24, 2.45) is 5.73 Å². The lowest BCUT2D eigenvalue weighted by molar-refractivity contribution is 0.571. The van der Waals surface area contributed by atoms with E-state index in [2.05, 4.69) is 5.10 Å². The van der Waals surface area contributed by atoms with Crippen molar-refractivity contribution in [2.45, 2.75) is 46.2 Å². The number of hydrogen-bond acceptors (Lipinski definition) is 2. The highest BCUT2D eigenvalue weighted by Crippen LogP contribution is 2.23.